The number of nitrogens with one attached hydrogen (secondary N) is 1. The quantitative estimate of drug-likeness (QED) is 0.845. The van der Waals surface area contributed by atoms with Crippen LogP contribution in [-0.2, 0) is 0 Å². The minimum absolute atomic E-state index is 0. The topological polar surface area (TPSA) is 24.9 Å². The number of thioether (sulfide) groups is 1. The second-order valence-electron chi connectivity index (χ2n) is 5.03. The van der Waals surface area contributed by atoms with Gasteiger partial charge in [0.25, 0.3) is 0 Å². The first-order valence-electron chi connectivity index (χ1n) is 6.70. The molecule has 2 nitrogen and oxygen atoms in total. The van der Waals surface area contributed by atoms with Gasteiger partial charge in [0.15, 0.2) is 0 Å². The number of rotatable bonds is 3. The van der Waals surface area contributed by atoms with Gasteiger partial charge >= 0.3 is 0 Å². The number of aromatic nitrogens is 1. The average Bonchev–Trinajstić information content (AvgIpc) is 2.46. The first-order valence-corrected chi connectivity index (χ1v) is 8.06. The number of hydrogen-bond donors (Lipinski definition) is 1. The van der Waals surface area contributed by atoms with E-state index in [0.29, 0.717) is 0 Å². The van der Waals surface area contributed by atoms with Gasteiger partial charge in [0.05, 0.1) is 5.02 Å². The Morgan fingerprint density at radius 3 is 3.05 bits per heavy atom. The third-order valence-corrected chi connectivity index (χ3v) is 5.28. The molecule has 1 fully saturated rings. The average molecular weight is 329 g/mol. The van der Waals surface area contributed by atoms with Crippen LogP contribution in [0.2, 0.25) is 5.02 Å². The smallest absolute Gasteiger partial charge is 0.0548 e. The molecule has 0 amide bonds. The van der Waals surface area contributed by atoms with Gasteiger partial charge in [-0.25, -0.2) is 0 Å². The standard InChI is InChI=1S/C15H17ClN2S.ClH/c16-14-6-13-9-18-5-3-12(13)7-15(14)19-10-11-2-1-4-17-8-11;/h3,5-7,9,11,17H,1-2,4,8,10H2;1H. The number of pyridine rings is 1. The van der Waals surface area contributed by atoms with Crippen LogP contribution in [-0.4, -0.2) is 23.8 Å². The maximum atomic E-state index is 6.36. The summed E-state index contributed by atoms with van der Waals surface area (Å²) < 4.78 is 0. The van der Waals surface area contributed by atoms with Crippen molar-refractivity contribution in [3.8, 4) is 0 Å². The molecular formula is C15H18Cl2N2S. The van der Waals surface area contributed by atoms with E-state index < -0.39 is 0 Å². The third-order valence-electron chi connectivity index (χ3n) is 3.56. The third kappa shape index (κ3) is 3.79. The number of piperidine rings is 1. The van der Waals surface area contributed by atoms with E-state index in [-0.39, 0.29) is 12.4 Å². The molecule has 0 aliphatic carbocycles. The van der Waals surface area contributed by atoms with Crippen molar-refractivity contribution < 1.29 is 0 Å². The molecule has 1 N–H and O–H groups in total. The second-order valence-corrected chi connectivity index (χ2v) is 6.50. The molecule has 108 valence electrons. The zero-order chi connectivity index (χ0) is 13.1. The molecule has 1 unspecified atom stereocenters. The zero-order valence-corrected chi connectivity index (χ0v) is 13.5. The summed E-state index contributed by atoms with van der Waals surface area (Å²) in [6, 6.07) is 6.24. The lowest BCUT2D eigenvalue weighted by atomic mass is 10.0. The molecule has 0 radical (unpaired) electrons. The highest BCUT2D eigenvalue weighted by atomic mass is 35.5. The largest absolute Gasteiger partial charge is 0.316 e. The highest BCUT2D eigenvalue weighted by Crippen LogP contribution is 2.33. The molecule has 2 heterocycles. The van der Waals surface area contributed by atoms with Crippen molar-refractivity contribution in [3.63, 3.8) is 0 Å². The lowest BCUT2D eigenvalue weighted by Gasteiger charge is -2.22. The molecule has 20 heavy (non-hydrogen) atoms. The van der Waals surface area contributed by atoms with Crippen LogP contribution in [0.3, 0.4) is 0 Å². The molecule has 1 aliphatic rings. The Balaban J connectivity index is 0.00000147. The monoisotopic (exact) mass is 328 g/mol. The van der Waals surface area contributed by atoms with Gasteiger partial charge in [0.2, 0.25) is 0 Å². The molecule has 3 rings (SSSR count). The van der Waals surface area contributed by atoms with Crippen molar-refractivity contribution >= 4 is 46.5 Å². The Bertz CT molecular complexity index is 571. The summed E-state index contributed by atoms with van der Waals surface area (Å²) in [4.78, 5) is 5.32. The van der Waals surface area contributed by atoms with Gasteiger partial charge in [-0.05, 0) is 55.4 Å². The predicted octanol–water partition coefficient (Wildman–Crippen LogP) is 4.40. The van der Waals surface area contributed by atoms with Crippen LogP contribution in [0.4, 0.5) is 0 Å². The summed E-state index contributed by atoms with van der Waals surface area (Å²) in [5, 5.41) is 6.62. The number of fused-ring (bicyclic) bond motifs is 1. The lowest BCUT2D eigenvalue weighted by molar-refractivity contribution is 0.410. The van der Waals surface area contributed by atoms with Crippen LogP contribution < -0.4 is 5.32 Å². The zero-order valence-electron chi connectivity index (χ0n) is 11.1. The van der Waals surface area contributed by atoms with Crippen LogP contribution in [0.5, 0.6) is 0 Å². The van der Waals surface area contributed by atoms with Gasteiger partial charge in [-0.3, -0.25) is 4.98 Å². The van der Waals surface area contributed by atoms with Crippen LogP contribution in [0.1, 0.15) is 12.8 Å². The fourth-order valence-corrected chi connectivity index (χ4v) is 3.91. The molecule has 1 aliphatic heterocycles. The highest BCUT2D eigenvalue weighted by Gasteiger charge is 2.14. The Kier molecular flexibility index (Phi) is 5.97. The van der Waals surface area contributed by atoms with Crippen LogP contribution in [0, 0.1) is 5.92 Å². The van der Waals surface area contributed by atoms with Crippen molar-refractivity contribution in [1.29, 1.82) is 0 Å². The number of hydrogen-bond acceptors (Lipinski definition) is 3. The van der Waals surface area contributed by atoms with E-state index >= 15 is 0 Å². The van der Waals surface area contributed by atoms with Crippen molar-refractivity contribution in [2.24, 2.45) is 5.92 Å². The first kappa shape index (κ1) is 15.9. The fourth-order valence-electron chi connectivity index (χ4n) is 2.47. The summed E-state index contributed by atoms with van der Waals surface area (Å²) in [5.74, 6) is 1.91. The molecule has 0 bridgehead atoms. The van der Waals surface area contributed by atoms with Crippen molar-refractivity contribution in [3.05, 3.63) is 35.6 Å². The van der Waals surface area contributed by atoms with E-state index in [9.17, 15) is 0 Å². The van der Waals surface area contributed by atoms with Crippen LogP contribution >= 0.6 is 35.8 Å². The van der Waals surface area contributed by atoms with E-state index in [1.807, 2.05) is 36.3 Å². The summed E-state index contributed by atoms with van der Waals surface area (Å²) in [5.41, 5.74) is 0. The van der Waals surface area contributed by atoms with Gasteiger partial charge in [0.1, 0.15) is 0 Å². The highest BCUT2D eigenvalue weighted by molar-refractivity contribution is 7.99. The summed E-state index contributed by atoms with van der Waals surface area (Å²) in [7, 11) is 0. The Morgan fingerprint density at radius 1 is 1.35 bits per heavy atom. The van der Waals surface area contributed by atoms with Crippen molar-refractivity contribution in [2.75, 3.05) is 18.8 Å². The summed E-state index contributed by atoms with van der Waals surface area (Å²) in [6.07, 6.45) is 6.31. The minimum Gasteiger partial charge on any atom is -0.316 e. The fraction of sp³-hybridized carbons (Fsp3) is 0.400. The molecule has 1 aromatic heterocycles. The van der Waals surface area contributed by atoms with Crippen molar-refractivity contribution in [1.82, 2.24) is 10.3 Å². The van der Waals surface area contributed by atoms with Gasteiger partial charge in [-0.2, -0.15) is 0 Å². The Labute approximate surface area is 135 Å². The normalized spacial score (nSPS) is 18.8. The van der Waals surface area contributed by atoms with Crippen molar-refractivity contribution in [2.45, 2.75) is 17.7 Å². The van der Waals surface area contributed by atoms with Crippen LogP contribution in [0.15, 0.2) is 35.5 Å². The summed E-state index contributed by atoms with van der Waals surface area (Å²) >= 11 is 8.23. The van der Waals surface area contributed by atoms with E-state index in [1.165, 1.54) is 29.7 Å². The van der Waals surface area contributed by atoms with Gasteiger partial charge in [-0.1, -0.05) is 11.6 Å². The van der Waals surface area contributed by atoms with Gasteiger partial charge in [0, 0.05) is 28.4 Å². The molecule has 1 aromatic carbocycles. The molecule has 0 saturated carbocycles. The Hall–Kier alpha value is -0.480. The Morgan fingerprint density at radius 2 is 2.25 bits per heavy atom. The second kappa shape index (κ2) is 7.51. The molecule has 1 atom stereocenters. The predicted molar refractivity (Wildman–Crippen MR) is 90.3 cm³/mol. The van der Waals surface area contributed by atoms with E-state index in [2.05, 4.69) is 16.4 Å². The molecule has 5 heteroatoms. The van der Waals surface area contributed by atoms with Gasteiger partial charge in [-0.15, -0.1) is 24.2 Å². The molecule has 2 aromatic rings. The minimum atomic E-state index is 0. The summed E-state index contributed by atoms with van der Waals surface area (Å²) in [6.45, 7) is 2.31. The van der Waals surface area contributed by atoms with Gasteiger partial charge < -0.3 is 5.32 Å². The van der Waals surface area contributed by atoms with E-state index in [4.69, 9.17) is 11.6 Å². The lowest BCUT2D eigenvalue weighted by Crippen LogP contribution is -2.30. The molecular weight excluding hydrogens is 311 g/mol. The molecule has 1 saturated heterocycles. The number of benzene rings is 1. The number of nitrogens with zero attached hydrogens (tertiary/aromatic N) is 1. The van der Waals surface area contributed by atoms with E-state index in [0.717, 1.165) is 28.6 Å². The maximum Gasteiger partial charge on any atom is 0.0548 e. The van der Waals surface area contributed by atoms with E-state index in [1.54, 1.807) is 0 Å². The van der Waals surface area contributed by atoms with Crippen LogP contribution in [0.25, 0.3) is 10.8 Å². The maximum absolute atomic E-state index is 6.36. The SMILES string of the molecule is Cl.Clc1cc2cnccc2cc1SCC1CCCNC1. The number of halogens is 2. The first-order chi connectivity index (χ1) is 9.33. The molecule has 0 spiro atoms.